The van der Waals surface area contributed by atoms with E-state index in [0.717, 1.165) is 56.6 Å². The van der Waals surface area contributed by atoms with E-state index in [0.29, 0.717) is 6.04 Å². The van der Waals surface area contributed by atoms with Crippen molar-refractivity contribution in [2.24, 2.45) is 0 Å². The highest BCUT2D eigenvalue weighted by molar-refractivity contribution is 7.11. The third kappa shape index (κ3) is 2.76. The molecule has 3 aromatic rings. The lowest BCUT2D eigenvalue weighted by molar-refractivity contribution is 0.112. The summed E-state index contributed by atoms with van der Waals surface area (Å²) in [5.74, 6) is 1.79. The maximum atomic E-state index is 5.52. The predicted molar refractivity (Wildman–Crippen MR) is 98.5 cm³/mol. The first-order chi connectivity index (χ1) is 12.7. The Balaban J connectivity index is 1.22. The molecule has 0 amide bonds. The van der Waals surface area contributed by atoms with Gasteiger partial charge in [0.05, 0.1) is 30.3 Å². The van der Waals surface area contributed by atoms with Gasteiger partial charge in [-0.1, -0.05) is 0 Å². The summed E-state index contributed by atoms with van der Waals surface area (Å²) in [6.07, 6.45) is 0.948. The zero-order valence-electron chi connectivity index (χ0n) is 14.9. The van der Waals surface area contributed by atoms with Crippen LogP contribution in [0.4, 0.5) is 5.82 Å². The van der Waals surface area contributed by atoms with Crippen molar-refractivity contribution in [2.75, 3.05) is 31.6 Å². The number of hydrogen-bond donors (Lipinski definition) is 0. The molecule has 0 N–H and O–H groups in total. The number of thiazole rings is 1. The van der Waals surface area contributed by atoms with Gasteiger partial charge in [-0.3, -0.25) is 4.90 Å². The van der Waals surface area contributed by atoms with Crippen LogP contribution in [0.1, 0.15) is 21.4 Å². The van der Waals surface area contributed by atoms with Gasteiger partial charge in [0.2, 0.25) is 0 Å². The molecule has 2 aliphatic heterocycles. The van der Waals surface area contributed by atoms with E-state index in [-0.39, 0.29) is 0 Å². The van der Waals surface area contributed by atoms with Crippen LogP contribution in [0.2, 0.25) is 0 Å². The molecule has 136 valence electrons. The maximum absolute atomic E-state index is 5.52. The van der Waals surface area contributed by atoms with Crippen LogP contribution in [0.15, 0.2) is 12.1 Å². The normalized spacial score (nSPS) is 17.7. The van der Waals surface area contributed by atoms with Gasteiger partial charge in [-0.05, 0) is 26.1 Å². The Morgan fingerprint density at radius 1 is 1.31 bits per heavy atom. The molecule has 0 aliphatic carbocycles. The molecule has 0 unspecified atom stereocenters. The van der Waals surface area contributed by atoms with Crippen LogP contribution in [0.25, 0.3) is 5.65 Å². The van der Waals surface area contributed by atoms with Crippen molar-refractivity contribution in [2.45, 2.75) is 32.5 Å². The molecule has 1 fully saturated rings. The molecule has 0 atom stereocenters. The molecule has 0 spiro atoms. The Morgan fingerprint density at radius 3 is 3.04 bits per heavy atom. The molecule has 5 rings (SSSR count). The van der Waals surface area contributed by atoms with E-state index < -0.39 is 0 Å². The largest absolute Gasteiger partial charge is 0.375 e. The van der Waals surface area contributed by atoms with E-state index in [1.165, 1.54) is 15.6 Å². The predicted octanol–water partition coefficient (Wildman–Crippen LogP) is 1.28. The Kier molecular flexibility index (Phi) is 3.87. The fourth-order valence-electron chi connectivity index (χ4n) is 3.46. The van der Waals surface area contributed by atoms with E-state index in [1.807, 2.05) is 19.1 Å². The topological polar surface area (TPSA) is 71.7 Å². The standard InChI is InChI=1S/C17H21N7OS/c1-11-19-20-15-3-4-16(21-24(11)15)23-7-12(8-23)22(2)9-17-18-13-5-6-25-10-14(13)26-17/h3-4,12H,5-10H2,1-2H3. The average molecular weight is 371 g/mol. The minimum Gasteiger partial charge on any atom is -0.375 e. The number of aryl methyl sites for hydroxylation is 1. The summed E-state index contributed by atoms with van der Waals surface area (Å²) in [5, 5.41) is 14.0. The molecule has 26 heavy (non-hydrogen) atoms. The van der Waals surface area contributed by atoms with Gasteiger partial charge in [-0.25, -0.2) is 4.98 Å². The van der Waals surface area contributed by atoms with Gasteiger partial charge in [-0.2, -0.15) is 4.52 Å². The average Bonchev–Trinajstić information content (AvgIpc) is 3.16. The molecular weight excluding hydrogens is 350 g/mol. The Hall–Kier alpha value is -2.10. The maximum Gasteiger partial charge on any atom is 0.178 e. The summed E-state index contributed by atoms with van der Waals surface area (Å²) in [6, 6.07) is 4.52. The molecule has 8 nitrogen and oxygen atoms in total. The second kappa shape index (κ2) is 6.26. The van der Waals surface area contributed by atoms with Crippen molar-refractivity contribution in [3.63, 3.8) is 0 Å². The first-order valence-electron chi connectivity index (χ1n) is 8.87. The van der Waals surface area contributed by atoms with Gasteiger partial charge in [-0.15, -0.1) is 26.6 Å². The molecule has 0 radical (unpaired) electrons. The van der Waals surface area contributed by atoms with Crippen LogP contribution in [-0.2, 0) is 24.3 Å². The Morgan fingerprint density at radius 2 is 2.19 bits per heavy atom. The van der Waals surface area contributed by atoms with Gasteiger partial charge in [0, 0.05) is 25.6 Å². The third-order valence-electron chi connectivity index (χ3n) is 5.14. The summed E-state index contributed by atoms with van der Waals surface area (Å²) in [7, 11) is 2.18. The SMILES string of the molecule is Cc1nnc2ccc(N3CC(N(C)Cc4nc5c(s4)COCC5)C3)nn12. The highest BCUT2D eigenvalue weighted by atomic mass is 32.1. The van der Waals surface area contributed by atoms with Gasteiger partial charge >= 0.3 is 0 Å². The fourth-order valence-corrected chi connectivity index (χ4v) is 4.58. The number of rotatable bonds is 4. The Labute approximate surface area is 155 Å². The van der Waals surface area contributed by atoms with Gasteiger partial charge in [0.25, 0.3) is 0 Å². The second-order valence-electron chi connectivity index (χ2n) is 6.96. The number of hydrogen-bond acceptors (Lipinski definition) is 8. The highest BCUT2D eigenvalue weighted by Gasteiger charge is 2.32. The monoisotopic (exact) mass is 371 g/mol. The van der Waals surface area contributed by atoms with Crippen molar-refractivity contribution in [1.82, 2.24) is 29.7 Å². The molecule has 0 bridgehead atoms. The summed E-state index contributed by atoms with van der Waals surface area (Å²) in [4.78, 5) is 10.8. The number of anilines is 1. The first-order valence-corrected chi connectivity index (χ1v) is 9.68. The highest BCUT2D eigenvalue weighted by Crippen LogP contribution is 2.27. The minimum atomic E-state index is 0.520. The number of nitrogens with zero attached hydrogens (tertiary/aromatic N) is 7. The van der Waals surface area contributed by atoms with Crippen molar-refractivity contribution in [1.29, 1.82) is 0 Å². The van der Waals surface area contributed by atoms with Crippen molar-refractivity contribution >= 4 is 22.8 Å². The summed E-state index contributed by atoms with van der Waals surface area (Å²) < 4.78 is 7.32. The Bertz CT molecular complexity index is 922. The first kappa shape index (κ1) is 16.1. The molecule has 3 aromatic heterocycles. The van der Waals surface area contributed by atoms with Gasteiger partial charge in [0.15, 0.2) is 11.5 Å². The number of fused-ring (bicyclic) bond motifs is 2. The van der Waals surface area contributed by atoms with Crippen molar-refractivity contribution in [3.05, 3.63) is 33.5 Å². The van der Waals surface area contributed by atoms with Crippen LogP contribution in [-0.4, -0.2) is 62.5 Å². The lowest BCUT2D eigenvalue weighted by Crippen LogP contribution is -2.58. The molecule has 2 aliphatic rings. The van der Waals surface area contributed by atoms with Crippen LogP contribution < -0.4 is 4.90 Å². The second-order valence-corrected chi connectivity index (χ2v) is 8.13. The third-order valence-corrected chi connectivity index (χ3v) is 6.19. The van der Waals surface area contributed by atoms with Crippen molar-refractivity contribution in [3.8, 4) is 0 Å². The van der Waals surface area contributed by atoms with E-state index in [4.69, 9.17) is 9.72 Å². The van der Waals surface area contributed by atoms with Gasteiger partial charge in [0.1, 0.15) is 10.8 Å². The molecule has 5 heterocycles. The summed E-state index contributed by atoms with van der Waals surface area (Å²) >= 11 is 1.80. The molecule has 9 heteroatoms. The zero-order chi connectivity index (χ0) is 17.7. The van der Waals surface area contributed by atoms with Gasteiger partial charge < -0.3 is 9.64 Å². The van der Waals surface area contributed by atoms with E-state index in [2.05, 4.69) is 32.1 Å². The molecular formula is C17H21N7OS. The summed E-state index contributed by atoms with van der Waals surface area (Å²) in [6.45, 7) is 6.29. The van der Waals surface area contributed by atoms with E-state index >= 15 is 0 Å². The summed E-state index contributed by atoms with van der Waals surface area (Å²) in [5.41, 5.74) is 2.03. The van der Waals surface area contributed by atoms with E-state index in [9.17, 15) is 0 Å². The minimum absolute atomic E-state index is 0.520. The number of aromatic nitrogens is 5. The molecule has 0 saturated carbocycles. The van der Waals surface area contributed by atoms with Crippen LogP contribution >= 0.6 is 11.3 Å². The fraction of sp³-hybridized carbons (Fsp3) is 0.529. The lowest BCUT2D eigenvalue weighted by Gasteiger charge is -2.44. The van der Waals surface area contributed by atoms with Crippen molar-refractivity contribution < 1.29 is 4.74 Å². The zero-order valence-corrected chi connectivity index (χ0v) is 15.7. The van der Waals surface area contributed by atoms with E-state index in [1.54, 1.807) is 15.9 Å². The molecule has 0 aromatic carbocycles. The number of ether oxygens (including phenoxy) is 1. The van der Waals surface area contributed by atoms with Crippen LogP contribution in [0, 0.1) is 6.92 Å². The quantitative estimate of drug-likeness (QED) is 0.684. The number of likely N-dealkylation sites (N-methyl/N-ethyl adjacent to an activating group) is 1. The molecule has 1 saturated heterocycles. The smallest absolute Gasteiger partial charge is 0.178 e. The van der Waals surface area contributed by atoms with Crippen LogP contribution in [0.5, 0.6) is 0 Å². The lowest BCUT2D eigenvalue weighted by atomic mass is 10.1. The van der Waals surface area contributed by atoms with Crippen LogP contribution in [0.3, 0.4) is 0 Å².